The third kappa shape index (κ3) is 1.92. The molecule has 1 aliphatic rings. The molecule has 0 radical (unpaired) electrons. The van der Waals surface area contributed by atoms with E-state index in [0.29, 0.717) is 0 Å². The van der Waals surface area contributed by atoms with Gasteiger partial charge in [-0.3, -0.25) is 2.78 Å². The quantitative estimate of drug-likeness (QED) is 0.169. The Morgan fingerprint density at radius 2 is 1.49 bits per heavy atom. The van der Waals surface area contributed by atoms with E-state index in [9.17, 15) is 0 Å². The van der Waals surface area contributed by atoms with Gasteiger partial charge in [-0.15, -0.1) is 0 Å². The van der Waals surface area contributed by atoms with Crippen molar-refractivity contribution < 1.29 is 4.42 Å². The lowest BCUT2D eigenvalue weighted by atomic mass is 9.85. The SMILES string of the molecule is CC1(C)c2ccccc2-c2c1n1c3c4ccccc4oc3c3ccc4c(c5c2cccc5n4I)c31. The van der Waals surface area contributed by atoms with Crippen LogP contribution in [0.5, 0.6) is 0 Å². The summed E-state index contributed by atoms with van der Waals surface area (Å²) in [4.78, 5) is 0. The van der Waals surface area contributed by atoms with E-state index in [4.69, 9.17) is 4.42 Å². The van der Waals surface area contributed by atoms with Crippen molar-refractivity contribution in [2.75, 3.05) is 0 Å². The van der Waals surface area contributed by atoms with Gasteiger partial charge in [0.1, 0.15) is 11.1 Å². The molecule has 166 valence electrons. The molecular formula is C31H19IN2O. The van der Waals surface area contributed by atoms with Crippen molar-refractivity contribution >= 4 is 83.0 Å². The first-order chi connectivity index (χ1) is 17.1. The van der Waals surface area contributed by atoms with Crippen molar-refractivity contribution in [3.63, 3.8) is 0 Å². The fourth-order valence-electron chi connectivity index (χ4n) is 6.96. The van der Waals surface area contributed by atoms with Crippen LogP contribution in [-0.2, 0) is 5.41 Å². The second-order valence-corrected chi connectivity index (χ2v) is 11.3. The van der Waals surface area contributed by atoms with Crippen molar-refractivity contribution in [1.82, 2.24) is 7.18 Å². The van der Waals surface area contributed by atoms with Gasteiger partial charge in [-0.1, -0.05) is 62.4 Å². The monoisotopic (exact) mass is 562 g/mol. The highest BCUT2D eigenvalue weighted by Gasteiger charge is 2.40. The molecule has 0 bridgehead atoms. The van der Waals surface area contributed by atoms with Crippen molar-refractivity contribution in [2.24, 2.45) is 0 Å². The molecule has 0 saturated carbocycles. The smallest absolute Gasteiger partial charge is 0.161 e. The van der Waals surface area contributed by atoms with Crippen LogP contribution >= 0.6 is 22.9 Å². The summed E-state index contributed by atoms with van der Waals surface area (Å²) in [6, 6.07) is 28.7. The fraction of sp³-hybridized carbons (Fsp3) is 0.0968. The summed E-state index contributed by atoms with van der Waals surface area (Å²) < 4.78 is 11.5. The predicted molar refractivity (Wildman–Crippen MR) is 153 cm³/mol. The van der Waals surface area contributed by atoms with Gasteiger partial charge in [0.05, 0.1) is 39.4 Å². The van der Waals surface area contributed by atoms with Gasteiger partial charge in [0.2, 0.25) is 0 Å². The molecule has 1 aliphatic carbocycles. The fourth-order valence-corrected chi connectivity index (χ4v) is 7.76. The molecule has 0 fully saturated rings. The van der Waals surface area contributed by atoms with E-state index in [1.807, 2.05) is 0 Å². The molecule has 0 amide bonds. The molecule has 0 atom stereocenters. The summed E-state index contributed by atoms with van der Waals surface area (Å²) >= 11 is 2.46. The van der Waals surface area contributed by atoms with Crippen molar-refractivity contribution in [3.8, 4) is 11.1 Å². The molecular weight excluding hydrogens is 543 g/mol. The van der Waals surface area contributed by atoms with Crippen molar-refractivity contribution in [1.29, 1.82) is 0 Å². The number of para-hydroxylation sites is 1. The van der Waals surface area contributed by atoms with Gasteiger partial charge in [-0.05, 0) is 46.8 Å². The number of furan rings is 1. The molecule has 0 saturated heterocycles. The summed E-state index contributed by atoms with van der Waals surface area (Å²) in [6.45, 7) is 4.76. The Bertz CT molecular complexity index is 2200. The molecule has 8 aromatic rings. The van der Waals surface area contributed by atoms with Gasteiger partial charge >= 0.3 is 0 Å². The lowest BCUT2D eigenvalue weighted by molar-refractivity contribution is 0.632. The number of hydrogen-bond donors (Lipinski definition) is 0. The van der Waals surface area contributed by atoms with Crippen molar-refractivity contribution in [2.45, 2.75) is 19.3 Å². The summed E-state index contributed by atoms with van der Waals surface area (Å²) in [5.74, 6) is 0. The molecule has 3 nitrogen and oxygen atoms in total. The minimum absolute atomic E-state index is 0.169. The van der Waals surface area contributed by atoms with Crippen LogP contribution < -0.4 is 0 Å². The van der Waals surface area contributed by atoms with Gasteiger partial charge in [0.25, 0.3) is 0 Å². The highest BCUT2D eigenvalue weighted by atomic mass is 127. The summed E-state index contributed by atoms with van der Waals surface area (Å²) in [5, 5.41) is 6.34. The zero-order chi connectivity index (χ0) is 23.2. The van der Waals surface area contributed by atoms with E-state index in [1.54, 1.807) is 0 Å². The van der Waals surface area contributed by atoms with Gasteiger partial charge in [0.15, 0.2) is 5.58 Å². The predicted octanol–water partition coefficient (Wildman–Crippen LogP) is 9.04. The lowest BCUT2D eigenvalue weighted by Crippen LogP contribution is -2.18. The van der Waals surface area contributed by atoms with Gasteiger partial charge < -0.3 is 8.82 Å². The number of rotatable bonds is 0. The topological polar surface area (TPSA) is 22.5 Å². The second-order valence-electron chi connectivity index (χ2n) is 10.3. The first-order valence-corrected chi connectivity index (χ1v) is 13.0. The number of nitrogens with zero attached hydrogens (tertiary/aromatic N) is 2. The first-order valence-electron chi connectivity index (χ1n) is 12.0. The van der Waals surface area contributed by atoms with Crippen LogP contribution in [0.3, 0.4) is 0 Å². The van der Waals surface area contributed by atoms with Gasteiger partial charge in [-0.25, -0.2) is 0 Å². The normalized spacial score (nSPS) is 14.9. The number of aromatic nitrogens is 2. The average molecular weight is 562 g/mol. The highest BCUT2D eigenvalue weighted by molar-refractivity contribution is 14.1. The Kier molecular flexibility index (Phi) is 3.12. The van der Waals surface area contributed by atoms with E-state index in [1.165, 1.54) is 71.4 Å². The maximum atomic E-state index is 6.58. The maximum absolute atomic E-state index is 6.58. The molecule has 0 N–H and O–H groups in total. The summed E-state index contributed by atoms with van der Waals surface area (Å²) in [6.07, 6.45) is 0. The van der Waals surface area contributed by atoms with Crippen LogP contribution in [0.25, 0.3) is 71.3 Å². The van der Waals surface area contributed by atoms with E-state index in [2.05, 4.69) is 123 Å². The number of benzene rings is 4. The van der Waals surface area contributed by atoms with Crippen LogP contribution in [-0.4, -0.2) is 7.18 Å². The zero-order valence-electron chi connectivity index (χ0n) is 19.2. The second kappa shape index (κ2) is 5.82. The molecule has 4 heteroatoms. The van der Waals surface area contributed by atoms with Crippen LogP contribution in [0, 0.1) is 0 Å². The van der Waals surface area contributed by atoms with E-state index in [0.717, 1.165) is 11.2 Å². The van der Waals surface area contributed by atoms with Crippen molar-refractivity contribution in [3.05, 3.63) is 90.1 Å². The molecule has 0 spiro atoms. The van der Waals surface area contributed by atoms with Crippen LogP contribution in [0.1, 0.15) is 25.1 Å². The Morgan fingerprint density at radius 3 is 2.40 bits per heavy atom. The number of hydrogen-bond acceptors (Lipinski definition) is 1. The molecule has 9 rings (SSSR count). The molecule has 4 aromatic carbocycles. The molecule has 35 heavy (non-hydrogen) atoms. The van der Waals surface area contributed by atoms with E-state index >= 15 is 0 Å². The minimum Gasteiger partial charge on any atom is -0.454 e. The Hall–Kier alpha value is -3.51. The Morgan fingerprint density at radius 1 is 0.714 bits per heavy atom. The summed E-state index contributed by atoms with van der Waals surface area (Å²) in [7, 11) is 0. The standard InChI is InChI=1S/C31H19IN2O/c1-31(2)20-11-5-3-8-16(20)24-18-10-7-12-21-25(18)26-22(34(21)32)15-14-19-27(26)33(30(24)31)28-17-9-4-6-13-23(17)35-29(19)28/h3-15H,1-2H3. The van der Waals surface area contributed by atoms with Crippen LogP contribution in [0.4, 0.5) is 0 Å². The molecule has 4 aromatic heterocycles. The maximum Gasteiger partial charge on any atom is 0.161 e. The largest absolute Gasteiger partial charge is 0.454 e. The number of halogens is 1. The van der Waals surface area contributed by atoms with E-state index < -0.39 is 0 Å². The molecule has 4 heterocycles. The van der Waals surface area contributed by atoms with Crippen LogP contribution in [0.2, 0.25) is 0 Å². The van der Waals surface area contributed by atoms with Crippen LogP contribution in [0.15, 0.2) is 83.3 Å². The summed E-state index contributed by atoms with van der Waals surface area (Å²) in [5.41, 5.74) is 12.1. The third-order valence-electron chi connectivity index (χ3n) is 8.32. The van der Waals surface area contributed by atoms with Gasteiger partial charge in [0, 0.05) is 38.2 Å². The molecule has 0 unspecified atom stereocenters. The Balaban J connectivity index is 1.76. The average Bonchev–Trinajstić information content (AvgIpc) is 3.52. The van der Waals surface area contributed by atoms with E-state index in [-0.39, 0.29) is 5.41 Å². The minimum atomic E-state index is -0.169. The molecule has 0 aliphatic heterocycles. The van der Waals surface area contributed by atoms with Gasteiger partial charge in [-0.2, -0.15) is 0 Å². The first kappa shape index (κ1) is 18.8. The highest BCUT2D eigenvalue weighted by Crippen LogP contribution is 2.55. The lowest BCUT2D eigenvalue weighted by Gasteiger charge is -2.22. The Labute approximate surface area is 214 Å². The zero-order valence-corrected chi connectivity index (χ0v) is 21.3. The number of fused-ring (bicyclic) bond motifs is 10. The third-order valence-corrected chi connectivity index (χ3v) is 9.36.